The van der Waals surface area contributed by atoms with Crippen LogP contribution < -0.4 is 0 Å². The van der Waals surface area contributed by atoms with E-state index in [1.165, 1.54) is 0 Å². The first-order chi connectivity index (χ1) is 14.5. The molecule has 0 radical (unpaired) electrons. The van der Waals surface area contributed by atoms with Crippen molar-refractivity contribution in [1.82, 2.24) is 24.5 Å². The minimum absolute atomic E-state index is 0.149. The number of amides is 1. The summed E-state index contributed by atoms with van der Waals surface area (Å²) in [4.78, 5) is 22.9. The van der Waals surface area contributed by atoms with Gasteiger partial charge in [0.1, 0.15) is 5.69 Å². The molecule has 164 valence electrons. The molecule has 1 fully saturated rings. The minimum atomic E-state index is -4.57. The van der Waals surface area contributed by atoms with Crippen LogP contribution in [0.1, 0.15) is 67.0 Å². The van der Waals surface area contributed by atoms with Crippen molar-refractivity contribution in [3.63, 3.8) is 0 Å². The van der Waals surface area contributed by atoms with E-state index in [-0.39, 0.29) is 17.5 Å². The highest BCUT2D eigenvalue weighted by Crippen LogP contribution is 2.34. The first-order valence-corrected chi connectivity index (χ1v) is 10.2. The van der Waals surface area contributed by atoms with Crippen molar-refractivity contribution in [3.05, 3.63) is 59.3 Å². The molecule has 0 aliphatic carbocycles. The third-order valence-electron chi connectivity index (χ3n) is 5.56. The van der Waals surface area contributed by atoms with Crippen molar-refractivity contribution >= 4 is 11.6 Å². The molecule has 4 heterocycles. The normalized spacial score (nSPS) is 17.9. The average molecular weight is 431 g/mol. The van der Waals surface area contributed by atoms with Gasteiger partial charge in [-0.15, -0.1) is 0 Å². The largest absolute Gasteiger partial charge is 0.433 e. The van der Waals surface area contributed by atoms with Gasteiger partial charge in [0.15, 0.2) is 5.65 Å². The number of piperidine rings is 1. The Morgan fingerprint density at radius 3 is 2.48 bits per heavy atom. The lowest BCUT2D eigenvalue weighted by Gasteiger charge is -2.32. The fraction of sp³-hybridized carbons (Fsp3) is 0.455. The van der Waals surface area contributed by atoms with Crippen molar-refractivity contribution in [2.24, 2.45) is 0 Å². The van der Waals surface area contributed by atoms with Crippen LogP contribution in [0.4, 0.5) is 13.2 Å². The van der Waals surface area contributed by atoms with Crippen molar-refractivity contribution < 1.29 is 18.0 Å². The van der Waals surface area contributed by atoms with Gasteiger partial charge in [0.05, 0.1) is 5.69 Å². The van der Waals surface area contributed by atoms with Crippen LogP contribution in [0.15, 0.2) is 36.7 Å². The van der Waals surface area contributed by atoms with Crippen molar-refractivity contribution in [2.45, 2.75) is 51.1 Å². The molecule has 6 nitrogen and oxygen atoms in total. The SMILES string of the molecule is CC(C)(C)c1cc2nc([C@@H]3CCCN(C(=O)c4ccncc4)C3)cc(C(F)(F)F)n2n1. The summed E-state index contributed by atoms with van der Waals surface area (Å²) in [5, 5.41) is 4.18. The number of rotatable bonds is 2. The number of hydrogen-bond acceptors (Lipinski definition) is 4. The molecule has 1 atom stereocenters. The molecular formula is C22H24F3N5O. The predicted octanol–water partition coefficient (Wildman–Crippen LogP) is 4.46. The number of nitrogens with zero attached hydrogens (tertiary/aromatic N) is 5. The summed E-state index contributed by atoms with van der Waals surface area (Å²) in [6.07, 6.45) is -0.111. The molecule has 1 amide bonds. The number of aromatic nitrogens is 4. The maximum atomic E-state index is 13.8. The molecule has 9 heteroatoms. The molecule has 0 saturated carbocycles. The van der Waals surface area contributed by atoms with Gasteiger partial charge in [-0.1, -0.05) is 20.8 Å². The molecular weight excluding hydrogens is 407 g/mol. The minimum Gasteiger partial charge on any atom is -0.338 e. The summed E-state index contributed by atoms with van der Waals surface area (Å²) in [5.41, 5.74) is 0.316. The van der Waals surface area contributed by atoms with Crippen LogP contribution in [-0.4, -0.2) is 43.5 Å². The third kappa shape index (κ3) is 4.26. The van der Waals surface area contributed by atoms with Gasteiger partial charge in [0.2, 0.25) is 0 Å². The maximum Gasteiger partial charge on any atom is 0.433 e. The van der Waals surface area contributed by atoms with Gasteiger partial charge in [-0.3, -0.25) is 9.78 Å². The summed E-state index contributed by atoms with van der Waals surface area (Å²) >= 11 is 0. The molecule has 0 aromatic carbocycles. The smallest absolute Gasteiger partial charge is 0.338 e. The predicted molar refractivity (Wildman–Crippen MR) is 109 cm³/mol. The number of likely N-dealkylation sites (tertiary alicyclic amines) is 1. The van der Waals surface area contributed by atoms with Crippen LogP contribution in [0.25, 0.3) is 5.65 Å². The number of alkyl halides is 3. The number of hydrogen-bond donors (Lipinski definition) is 0. The second kappa shape index (κ2) is 7.62. The Morgan fingerprint density at radius 2 is 1.84 bits per heavy atom. The topological polar surface area (TPSA) is 63.4 Å². The van der Waals surface area contributed by atoms with E-state index in [1.807, 2.05) is 20.8 Å². The highest BCUT2D eigenvalue weighted by atomic mass is 19.4. The van der Waals surface area contributed by atoms with E-state index < -0.39 is 17.3 Å². The molecule has 31 heavy (non-hydrogen) atoms. The van der Waals surface area contributed by atoms with Crippen molar-refractivity contribution in [2.75, 3.05) is 13.1 Å². The highest BCUT2D eigenvalue weighted by Gasteiger charge is 2.37. The molecule has 0 bridgehead atoms. The molecule has 0 unspecified atom stereocenters. The molecule has 1 saturated heterocycles. The second-order valence-electron chi connectivity index (χ2n) is 8.94. The van der Waals surface area contributed by atoms with Crippen LogP contribution in [0.5, 0.6) is 0 Å². The summed E-state index contributed by atoms with van der Waals surface area (Å²) < 4.78 is 42.4. The van der Waals surface area contributed by atoms with Crippen molar-refractivity contribution in [3.8, 4) is 0 Å². The average Bonchev–Trinajstić information content (AvgIpc) is 3.17. The van der Waals surface area contributed by atoms with E-state index in [0.29, 0.717) is 42.9 Å². The summed E-state index contributed by atoms with van der Waals surface area (Å²) in [6, 6.07) is 5.97. The van der Waals surface area contributed by atoms with Gasteiger partial charge in [-0.05, 0) is 31.0 Å². The first-order valence-electron chi connectivity index (χ1n) is 10.2. The lowest BCUT2D eigenvalue weighted by Crippen LogP contribution is -2.39. The second-order valence-corrected chi connectivity index (χ2v) is 8.94. The highest BCUT2D eigenvalue weighted by molar-refractivity contribution is 5.94. The van der Waals surface area contributed by atoms with Gasteiger partial charge < -0.3 is 4.90 Å². The Labute approximate surface area is 178 Å². The summed E-state index contributed by atoms with van der Waals surface area (Å²) in [7, 11) is 0. The van der Waals surface area contributed by atoms with Gasteiger partial charge >= 0.3 is 6.18 Å². The first kappa shape index (κ1) is 21.3. The number of pyridine rings is 1. The summed E-state index contributed by atoms with van der Waals surface area (Å²) in [6.45, 7) is 6.57. The van der Waals surface area contributed by atoms with Crippen LogP contribution in [-0.2, 0) is 11.6 Å². The summed E-state index contributed by atoms with van der Waals surface area (Å²) in [5.74, 6) is -0.429. The molecule has 4 rings (SSSR count). The standard InChI is InChI=1S/C22H24F3N5O/c1-21(2,3)17-12-19-27-16(11-18(22(23,24)25)30(19)28-17)15-5-4-10-29(13-15)20(31)14-6-8-26-9-7-14/h6-9,11-12,15H,4-5,10,13H2,1-3H3/t15-/m1/s1. The fourth-order valence-electron chi connectivity index (χ4n) is 3.85. The van der Waals surface area contributed by atoms with Gasteiger partial charge in [-0.2, -0.15) is 18.3 Å². The van der Waals surface area contributed by atoms with Crippen LogP contribution in [0.3, 0.4) is 0 Å². The fourth-order valence-corrected chi connectivity index (χ4v) is 3.85. The van der Waals surface area contributed by atoms with Crippen molar-refractivity contribution in [1.29, 1.82) is 0 Å². The van der Waals surface area contributed by atoms with E-state index in [2.05, 4.69) is 15.1 Å². The number of halogens is 3. The van der Waals surface area contributed by atoms with Crippen LogP contribution in [0.2, 0.25) is 0 Å². The van der Waals surface area contributed by atoms with E-state index in [0.717, 1.165) is 10.6 Å². The van der Waals surface area contributed by atoms with E-state index in [4.69, 9.17) is 0 Å². The quantitative estimate of drug-likeness (QED) is 0.601. The number of carbonyl (C=O) groups excluding carboxylic acids is 1. The van der Waals surface area contributed by atoms with Crippen LogP contribution in [0, 0.1) is 0 Å². The molecule has 1 aliphatic rings. The zero-order valence-electron chi connectivity index (χ0n) is 17.6. The molecule has 3 aromatic heterocycles. The monoisotopic (exact) mass is 431 g/mol. The Kier molecular flexibility index (Phi) is 5.23. The van der Waals surface area contributed by atoms with E-state index in [1.54, 1.807) is 35.5 Å². The maximum absolute atomic E-state index is 13.8. The van der Waals surface area contributed by atoms with Gasteiger partial charge in [0, 0.05) is 54.1 Å². The van der Waals surface area contributed by atoms with Gasteiger partial charge in [0.25, 0.3) is 5.91 Å². The van der Waals surface area contributed by atoms with E-state index >= 15 is 0 Å². The van der Waals surface area contributed by atoms with Crippen LogP contribution >= 0.6 is 0 Å². The van der Waals surface area contributed by atoms with Gasteiger partial charge in [-0.25, -0.2) is 9.50 Å². The molecule has 0 spiro atoms. The zero-order chi connectivity index (χ0) is 22.4. The molecule has 1 aliphatic heterocycles. The number of fused-ring (bicyclic) bond motifs is 1. The molecule has 3 aromatic rings. The molecule has 0 N–H and O–H groups in total. The Balaban J connectivity index is 1.71. The Hall–Kier alpha value is -2.97. The Bertz CT molecular complexity index is 1100. The zero-order valence-corrected chi connectivity index (χ0v) is 17.6. The lowest BCUT2D eigenvalue weighted by atomic mass is 9.92. The van der Waals surface area contributed by atoms with E-state index in [9.17, 15) is 18.0 Å². The lowest BCUT2D eigenvalue weighted by molar-refractivity contribution is -0.142. The number of carbonyl (C=O) groups is 1. The Morgan fingerprint density at radius 1 is 1.13 bits per heavy atom. The third-order valence-corrected chi connectivity index (χ3v) is 5.56.